The van der Waals surface area contributed by atoms with Crippen molar-refractivity contribution in [3.63, 3.8) is 0 Å². The summed E-state index contributed by atoms with van der Waals surface area (Å²) in [4.78, 5) is 11.6. The van der Waals surface area contributed by atoms with Gasteiger partial charge in [-0.05, 0) is 24.7 Å². The minimum Gasteiger partial charge on any atom is -0.466 e. The minimum absolute atomic E-state index is 0.00807. The Bertz CT molecular complexity index is 278. The van der Waals surface area contributed by atoms with E-state index in [1.807, 2.05) is 0 Å². The van der Waals surface area contributed by atoms with Crippen LogP contribution in [-0.2, 0) is 9.53 Å². The molecule has 0 amide bonds. The summed E-state index contributed by atoms with van der Waals surface area (Å²) in [7, 11) is 0. The van der Waals surface area contributed by atoms with Crippen molar-refractivity contribution in [1.29, 1.82) is 0 Å². The molecule has 0 radical (unpaired) electrons. The lowest BCUT2D eigenvalue weighted by atomic mass is 9.89. The topological polar surface area (TPSA) is 26.3 Å². The number of hydrogen-bond donors (Lipinski definition) is 0. The van der Waals surface area contributed by atoms with Gasteiger partial charge in [-0.15, -0.1) is 0 Å². The Morgan fingerprint density at radius 1 is 0.708 bits per heavy atom. The molecule has 0 aliphatic rings. The molecule has 0 rings (SSSR count). The van der Waals surface area contributed by atoms with Gasteiger partial charge in [0.15, 0.2) is 0 Å². The van der Waals surface area contributed by atoms with E-state index in [1.54, 1.807) is 0 Å². The molecule has 144 valence electrons. The molecule has 0 spiro atoms. The Balaban J connectivity index is 3.21. The van der Waals surface area contributed by atoms with Crippen molar-refractivity contribution >= 4 is 5.97 Å². The van der Waals surface area contributed by atoms with Crippen molar-refractivity contribution in [2.45, 2.75) is 124 Å². The fourth-order valence-corrected chi connectivity index (χ4v) is 2.95. The molecule has 2 heteroatoms. The average Bonchev–Trinajstić information content (AvgIpc) is 2.51. The molecule has 0 aliphatic heterocycles. The van der Waals surface area contributed by atoms with Crippen molar-refractivity contribution in [2.24, 2.45) is 5.41 Å². The van der Waals surface area contributed by atoms with E-state index in [0.29, 0.717) is 18.4 Å². The molecule has 0 bridgehead atoms. The van der Waals surface area contributed by atoms with Crippen molar-refractivity contribution in [2.75, 3.05) is 6.61 Å². The molecule has 0 heterocycles. The summed E-state index contributed by atoms with van der Waals surface area (Å²) in [6.45, 7) is 9.80. The second kappa shape index (κ2) is 16.0. The molecule has 0 unspecified atom stereocenters. The normalized spacial score (nSPS) is 11.7. The highest BCUT2D eigenvalue weighted by Gasteiger charge is 2.08. The Kier molecular flexibility index (Phi) is 15.6. The molecule has 0 saturated heterocycles. The van der Waals surface area contributed by atoms with Crippen LogP contribution in [0.3, 0.4) is 0 Å². The van der Waals surface area contributed by atoms with Gasteiger partial charge in [0, 0.05) is 6.42 Å². The maximum atomic E-state index is 11.6. The van der Waals surface area contributed by atoms with Crippen LogP contribution in [0.25, 0.3) is 0 Å². The SMILES string of the molecule is CCCCCCCCCOC(=O)CCCCCCCCC(C)(C)C. The van der Waals surface area contributed by atoms with Crippen molar-refractivity contribution in [1.82, 2.24) is 0 Å². The molecular formula is C22H44O2. The fourth-order valence-electron chi connectivity index (χ4n) is 2.95. The maximum Gasteiger partial charge on any atom is 0.305 e. The summed E-state index contributed by atoms with van der Waals surface area (Å²) in [5.41, 5.74) is 0.471. The molecular weight excluding hydrogens is 296 g/mol. The smallest absolute Gasteiger partial charge is 0.305 e. The van der Waals surface area contributed by atoms with Gasteiger partial charge in [0.1, 0.15) is 0 Å². The van der Waals surface area contributed by atoms with Gasteiger partial charge in [0.25, 0.3) is 0 Å². The number of rotatable bonds is 16. The van der Waals surface area contributed by atoms with Gasteiger partial charge in [-0.1, -0.05) is 98.3 Å². The highest BCUT2D eigenvalue weighted by atomic mass is 16.5. The largest absolute Gasteiger partial charge is 0.466 e. The number of hydrogen-bond acceptors (Lipinski definition) is 2. The molecule has 0 aliphatic carbocycles. The number of carbonyl (C=O) groups is 1. The second-order valence-electron chi connectivity index (χ2n) is 8.52. The maximum absolute atomic E-state index is 11.6. The molecule has 0 aromatic carbocycles. The van der Waals surface area contributed by atoms with Crippen LogP contribution in [-0.4, -0.2) is 12.6 Å². The van der Waals surface area contributed by atoms with Gasteiger partial charge >= 0.3 is 5.97 Å². The lowest BCUT2D eigenvalue weighted by Gasteiger charge is -2.17. The zero-order valence-corrected chi connectivity index (χ0v) is 17.1. The quantitative estimate of drug-likeness (QED) is 0.215. The highest BCUT2D eigenvalue weighted by Crippen LogP contribution is 2.22. The van der Waals surface area contributed by atoms with E-state index in [-0.39, 0.29) is 5.97 Å². The van der Waals surface area contributed by atoms with E-state index in [4.69, 9.17) is 4.74 Å². The molecule has 0 aromatic heterocycles. The van der Waals surface area contributed by atoms with Gasteiger partial charge in [0.2, 0.25) is 0 Å². The average molecular weight is 341 g/mol. The first-order valence-electron chi connectivity index (χ1n) is 10.6. The van der Waals surface area contributed by atoms with Crippen LogP contribution in [0.4, 0.5) is 0 Å². The number of ether oxygens (including phenoxy) is 1. The van der Waals surface area contributed by atoms with Crippen LogP contribution in [0, 0.1) is 5.41 Å². The summed E-state index contributed by atoms with van der Waals surface area (Å²) >= 11 is 0. The van der Waals surface area contributed by atoms with Gasteiger partial charge < -0.3 is 4.74 Å². The third kappa shape index (κ3) is 19.5. The molecule has 24 heavy (non-hydrogen) atoms. The zero-order chi connectivity index (χ0) is 18.1. The third-order valence-corrected chi connectivity index (χ3v) is 4.57. The first kappa shape index (κ1) is 23.5. The van der Waals surface area contributed by atoms with E-state index < -0.39 is 0 Å². The summed E-state index contributed by atoms with van der Waals surface area (Å²) in [6, 6.07) is 0. The Morgan fingerprint density at radius 2 is 1.21 bits per heavy atom. The molecule has 2 nitrogen and oxygen atoms in total. The van der Waals surface area contributed by atoms with Crippen LogP contribution < -0.4 is 0 Å². The lowest BCUT2D eigenvalue weighted by molar-refractivity contribution is -0.143. The number of carbonyl (C=O) groups excluding carboxylic acids is 1. The minimum atomic E-state index is 0.00807. The van der Waals surface area contributed by atoms with E-state index in [0.717, 1.165) is 12.8 Å². The van der Waals surface area contributed by atoms with Crippen molar-refractivity contribution in [3.8, 4) is 0 Å². The standard InChI is InChI=1S/C22H44O2/c1-5-6-7-8-11-14-17-20-24-21(23)18-15-12-9-10-13-16-19-22(2,3)4/h5-20H2,1-4H3. The highest BCUT2D eigenvalue weighted by molar-refractivity contribution is 5.69. The second-order valence-corrected chi connectivity index (χ2v) is 8.52. The van der Waals surface area contributed by atoms with Crippen molar-refractivity contribution in [3.05, 3.63) is 0 Å². The predicted octanol–water partition coefficient (Wildman–Crippen LogP) is 7.45. The van der Waals surface area contributed by atoms with Gasteiger partial charge in [-0.2, -0.15) is 0 Å². The lowest BCUT2D eigenvalue weighted by Crippen LogP contribution is -2.05. The predicted molar refractivity (Wildman–Crippen MR) is 105 cm³/mol. The van der Waals surface area contributed by atoms with Crippen LogP contribution in [0.2, 0.25) is 0 Å². The van der Waals surface area contributed by atoms with Gasteiger partial charge in [-0.25, -0.2) is 0 Å². The van der Waals surface area contributed by atoms with Crippen LogP contribution in [0.15, 0.2) is 0 Å². The number of esters is 1. The van der Waals surface area contributed by atoms with E-state index in [1.165, 1.54) is 77.0 Å². The molecule has 0 aromatic rings. The molecule has 0 atom stereocenters. The zero-order valence-electron chi connectivity index (χ0n) is 17.1. The van der Waals surface area contributed by atoms with E-state index in [9.17, 15) is 4.79 Å². The molecule has 0 fully saturated rings. The number of unbranched alkanes of at least 4 members (excludes halogenated alkanes) is 11. The van der Waals surface area contributed by atoms with E-state index in [2.05, 4.69) is 27.7 Å². The van der Waals surface area contributed by atoms with Gasteiger partial charge in [0.05, 0.1) is 6.61 Å². The van der Waals surface area contributed by atoms with Crippen LogP contribution >= 0.6 is 0 Å². The van der Waals surface area contributed by atoms with E-state index >= 15 is 0 Å². The molecule has 0 N–H and O–H groups in total. The summed E-state index contributed by atoms with van der Waals surface area (Å²) in [5.74, 6) is 0.00807. The third-order valence-electron chi connectivity index (χ3n) is 4.57. The Labute approximate surface area is 152 Å². The summed E-state index contributed by atoms with van der Waals surface area (Å²) < 4.78 is 5.31. The molecule has 0 saturated carbocycles. The summed E-state index contributed by atoms with van der Waals surface area (Å²) in [6.07, 6.45) is 18.2. The first-order chi connectivity index (χ1) is 11.5. The Morgan fingerprint density at radius 3 is 1.79 bits per heavy atom. The first-order valence-corrected chi connectivity index (χ1v) is 10.6. The van der Waals surface area contributed by atoms with Crippen LogP contribution in [0.5, 0.6) is 0 Å². The summed E-state index contributed by atoms with van der Waals surface area (Å²) in [5, 5.41) is 0. The van der Waals surface area contributed by atoms with Crippen molar-refractivity contribution < 1.29 is 9.53 Å². The van der Waals surface area contributed by atoms with Crippen LogP contribution in [0.1, 0.15) is 124 Å². The fraction of sp³-hybridized carbons (Fsp3) is 0.955. The van der Waals surface area contributed by atoms with Gasteiger partial charge in [-0.3, -0.25) is 4.79 Å². The Hall–Kier alpha value is -0.530. The monoisotopic (exact) mass is 340 g/mol.